The van der Waals surface area contributed by atoms with Crippen LogP contribution in [0, 0.1) is 5.41 Å². The van der Waals surface area contributed by atoms with Crippen molar-refractivity contribution < 1.29 is 25.2 Å². The minimum absolute atomic E-state index is 0.156. The molecule has 0 spiro atoms. The third-order valence-corrected chi connectivity index (χ3v) is 2.83. The number of aliphatic hydroxyl groups excluding tert-OH is 3. The maximum absolute atomic E-state index is 10.1. The van der Waals surface area contributed by atoms with Gasteiger partial charge in [-0.05, 0) is 27.2 Å². The molecule has 102 valence electrons. The smallest absolute Gasteiger partial charge is 0.331 e. The Kier molecular flexibility index (Phi) is 9.94. The van der Waals surface area contributed by atoms with E-state index in [2.05, 4.69) is 0 Å². The molecule has 0 fully saturated rings. The number of aliphatic hydroxyl groups is 3. The fourth-order valence-corrected chi connectivity index (χ4v) is 0.699. The molecular weight excluding hydrogens is 224 g/mol. The van der Waals surface area contributed by atoms with Gasteiger partial charge in [0, 0.05) is 11.0 Å². The molecule has 0 saturated carbocycles. The summed E-state index contributed by atoms with van der Waals surface area (Å²) >= 11 is 0. The van der Waals surface area contributed by atoms with Gasteiger partial charge in [-0.2, -0.15) is 0 Å². The van der Waals surface area contributed by atoms with Gasteiger partial charge in [0.1, 0.15) is 0 Å². The van der Waals surface area contributed by atoms with Gasteiger partial charge in [0.05, 0.1) is 19.8 Å². The topological polar surface area (TPSA) is 98.0 Å². The highest BCUT2D eigenvalue weighted by Gasteiger charge is 2.24. The van der Waals surface area contributed by atoms with Gasteiger partial charge >= 0.3 is 5.97 Å². The zero-order valence-corrected chi connectivity index (χ0v) is 11.0. The number of aliphatic carboxylic acids is 1. The Balaban J connectivity index is 0. The molecule has 0 amide bonds. The Labute approximate surface area is 102 Å². The Bertz CT molecular complexity index is 232. The molecule has 0 rings (SSSR count). The fraction of sp³-hybridized carbons (Fsp3) is 0.750. The van der Waals surface area contributed by atoms with Crippen molar-refractivity contribution in [3.63, 3.8) is 0 Å². The fourth-order valence-electron chi connectivity index (χ4n) is 0.699. The zero-order chi connectivity index (χ0) is 14.1. The molecule has 5 nitrogen and oxygen atoms in total. The van der Waals surface area contributed by atoms with Crippen LogP contribution in [0.5, 0.6) is 0 Å². The van der Waals surface area contributed by atoms with E-state index in [0.29, 0.717) is 12.0 Å². The average molecular weight is 248 g/mol. The predicted molar refractivity (Wildman–Crippen MR) is 65.7 cm³/mol. The summed E-state index contributed by atoms with van der Waals surface area (Å²) in [6.45, 7) is 6.51. The lowest BCUT2D eigenvalue weighted by Crippen LogP contribution is -2.32. The molecule has 0 saturated heterocycles. The maximum atomic E-state index is 10.1. The van der Waals surface area contributed by atoms with Crippen molar-refractivity contribution in [1.82, 2.24) is 0 Å². The number of rotatable bonds is 5. The highest BCUT2D eigenvalue weighted by molar-refractivity contribution is 5.86. The first-order valence-electron chi connectivity index (χ1n) is 5.50. The Morgan fingerprint density at radius 2 is 1.35 bits per heavy atom. The van der Waals surface area contributed by atoms with Crippen LogP contribution in [-0.4, -0.2) is 46.2 Å². The van der Waals surface area contributed by atoms with E-state index in [1.807, 2.05) is 6.92 Å². The van der Waals surface area contributed by atoms with Crippen LogP contribution in [0.15, 0.2) is 11.1 Å². The molecule has 0 aromatic heterocycles. The molecule has 0 aliphatic carbocycles. The van der Waals surface area contributed by atoms with Crippen molar-refractivity contribution in [3.8, 4) is 0 Å². The van der Waals surface area contributed by atoms with E-state index in [1.165, 1.54) is 0 Å². The van der Waals surface area contributed by atoms with Crippen LogP contribution in [0.25, 0.3) is 0 Å². The molecule has 0 bridgehead atoms. The summed E-state index contributed by atoms with van der Waals surface area (Å²) in [6.07, 6.45) is 0.594. The number of allylic oxidation sites excluding steroid dienone is 1. The van der Waals surface area contributed by atoms with E-state index in [4.69, 9.17) is 20.4 Å². The molecule has 0 aromatic rings. The monoisotopic (exact) mass is 248 g/mol. The number of hydrogen-bond donors (Lipinski definition) is 4. The second-order valence-electron chi connectivity index (χ2n) is 4.26. The Morgan fingerprint density at radius 3 is 1.35 bits per heavy atom. The number of carboxylic acids is 1. The van der Waals surface area contributed by atoms with Crippen LogP contribution in [0.3, 0.4) is 0 Å². The second kappa shape index (κ2) is 9.15. The van der Waals surface area contributed by atoms with Gasteiger partial charge in [0.25, 0.3) is 0 Å². The van der Waals surface area contributed by atoms with Gasteiger partial charge < -0.3 is 20.4 Å². The van der Waals surface area contributed by atoms with E-state index in [-0.39, 0.29) is 19.8 Å². The summed E-state index contributed by atoms with van der Waals surface area (Å²) in [5.74, 6) is -0.829. The summed E-state index contributed by atoms with van der Waals surface area (Å²) < 4.78 is 0. The summed E-state index contributed by atoms with van der Waals surface area (Å²) in [6, 6.07) is 0. The van der Waals surface area contributed by atoms with E-state index in [1.54, 1.807) is 20.8 Å². The van der Waals surface area contributed by atoms with Crippen molar-refractivity contribution in [2.75, 3.05) is 19.8 Å². The Hall–Kier alpha value is -0.910. The van der Waals surface area contributed by atoms with Gasteiger partial charge in [0.15, 0.2) is 0 Å². The number of hydrogen-bond acceptors (Lipinski definition) is 4. The molecule has 17 heavy (non-hydrogen) atoms. The molecule has 0 aliphatic heterocycles. The molecule has 5 heteroatoms. The summed E-state index contributed by atoms with van der Waals surface area (Å²) in [5.41, 5.74) is 0.627. The minimum atomic E-state index is -0.829. The minimum Gasteiger partial charge on any atom is -0.478 e. The van der Waals surface area contributed by atoms with Crippen molar-refractivity contribution in [2.45, 2.75) is 34.1 Å². The lowest BCUT2D eigenvalue weighted by atomic mass is 9.88. The lowest BCUT2D eigenvalue weighted by Gasteiger charge is -2.24. The first kappa shape index (κ1) is 18.5. The number of carbonyl (C=O) groups is 1. The maximum Gasteiger partial charge on any atom is 0.331 e. The van der Waals surface area contributed by atoms with Gasteiger partial charge in [-0.3, -0.25) is 0 Å². The molecule has 0 aromatic carbocycles. The molecule has 4 N–H and O–H groups in total. The van der Waals surface area contributed by atoms with Gasteiger partial charge in [-0.25, -0.2) is 4.79 Å². The first-order chi connectivity index (χ1) is 7.80. The zero-order valence-electron chi connectivity index (χ0n) is 11.0. The Morgan fingerprint density at radius 1 is 1.00 bits per heavy atom. The van der Waals surface area contributed by atoms with Crippen LogP contribution in [0.1, 0.15) is 34.1 Å². The first-order valence-corrected chi connectivity index (χ1v) is 5.50. The molecular formula is C12H24O5. The van der Waals surface area contributed by atoms with Gasteiger partial charge in [-0.1, -0.05) is 12.5 Å². The molecule has 0 heterocycles. The van der Waals surface area contributed by atoms with Crippen molar-refractivity contribution in [1.29, 1.82) is 0 Å². The van der Waals surface area contributed by atoms with E-state index in [0.717, 1.165) is 5.57 Å². The average Bonchev–Trinajstić information content (AvgIpc) is 2.32. The quantitative estimate of drug-likeness (QED) is 0.539. The van der Waals surface area contributed by atoms with Crippen molar-refractivity contribution >= 4 is 5.97 Å². The van der Waals surface area contributed by atoms with Crippen molar-refractivity contribution in [3.05, 3.63) is 11.1 Å². The van der Waals surface area contributed by atoms with Crippen molar-refractivity contribution in [2.24, 2.45) is 5.41 Å². The molecule has 0 unspecified atom stereocenters. The number of carboxylic acid groups (broad SMARTS) is 1. The summed E-state index contributed by atoms with van der Waals surface area (Å²) in [7, 11) is 0. The highest BCUT2D eigenvalue weighted by atomic mass is 16.4. The molecule has 0 radical (unpaired) electrons. The normalized spacial score (nSPS) is 10.3. The summed E-state index contributed by atoms with van der Waals surface area (Å²) in [4.78, 5) is 10.1. The highest BCUT2D eigenvalue weighted by Crippen LogP contribution is 2.18. The van der Waals surface area contributed by atoms with Gasteiger partial charge in [-0.15, -0.1) is 0 Å². The summed E-state index contributed by atoms with van der Waals surface area (Å²) in [5, 5.41) is 34.3. The van der Waals surface area contributed by atoms with E-state index < -0.39 is 11.4 Å². The van der Waals surface area contributed by atoms with Crippen LogP contribution in [-0.2, 0) is 4.79 Å². The van der Waals surface area contributed by atoms with Crippen LogP contribution in [0.2, 0.25) is 0 Å². The van der Waals surface area contributed by atoms with Gasteiger partial charge in [0.2, 0.25) is 0 Å². The second-order valence-corrected chi connectivity index (χ2v) is 4.26. The van der Waals surface area contributed by atoms with Crippen LogP contribution in [0.4, 0.5) is 0 Å². The van der Waals surface area contributed by atoms with E-state index in [9.17, 15) is 4.79 Å². The third-order valence-electron chi connectivity index (χ3n) is 2.83. The standard InChI is InChI=1S/C6H14O3.C6H10O2/c1-2-6(3-7,4-8)5-9;1-4(2)5(3)6(7)8/h7-9H,2-5H2,1H3;1-3H3,(H,7,8). The SMILES string of the molecule is CC(C)=C(C)C(=O)O.CCC(CO)(CO)CO. The van der Waals surface area contributed by atoms with Crippen LogP contribution >= 0.6 is 0 Å². The third kappa shape index (κ3) is 7.10. The largest absolute Gasteiger partial charge is 0.478 e. The van der Waals surface area contributed by atoms with E-state index >= 15 is 0 Å². The lowest BCUT2D eigenvalue weighted by molar-refractivity contribution is -0.132. The molecule has 0 aliphatic rings. The molecule has 0 atom stereocenters. The van der Waals surface area contributed by atoms with Crippen LogP contribution < -0.4 is 0 Å². The predicted octanol–water partition coefficient (Wildman–Crippen LogP) is 0.787.